The minimum Gasteiger partial charge on any atom is -0.497 e. The van der Waals surface area contributed by atoms with Gasteiger partial charge in [0.05, 0.1) is 50.1 Å². The highest BCUT2D eigenvalue weighted by Crippen LogP contribution is 2.34. The van der Waals surface area contributed by atoms with Crippen molar-refractivity contribution in [1.29, 1.82) is 5.26 Å². The summed E-state index contributed by atoms with van der Waals surface area (Å²) in [5.41, 5.74) is 2.48. The Bertz CT molecular complexity index is 1340. The fraction of sp³-hybridized carbons (Fsp3) is 0.227. The molecule has 0 spiro atoms. The highest BCUT2D eigenvalue weighted by atomic mass is 16.5. The van der Waals surface area contributed by atoms with Crippen LogP contribution in [0.2, 0.25) is 0 Å². The van der Waals surface area contributed by atoms with E-state index < -0.39 is 11.6 Å². The summed E-state index contributed by atoms with van der Waals surface area (Å²) in [7, 11) is 1.62. The van der Waals surface area contributed by atoms with Gasteiger partial charge in [-0.3, -0.25) is 9.08 Å². The molecule has 0 aliphatic carbocycles. The van der Waals surface area contributed by atoms with Crippen LogP contribution in [0.3, 0.4) is 0 Å². The molecule has 5 rings (SSSR count). The van der Waals surface area contributed by atoms with Gasteiger partial charge in [0, 0.05) is 30.2 Å². The van der Waals surface area contributed by atoms with E-state index in [1.165, 1.54) is 4.90 Å². The van der Waals surface area contributed by atoms with Crippen LogP contribution in [0.1, 0.15) is 6.42 Å². The molecule has 10 heteroatoms. The lowest BCUT2D eigenvalue weighted by Crippen LogP contribution is -2.64. The van der Waals surface area contributed by atoms with E-state index in [0.29, 0.717) is 5.82 Å². The molecule has 0 bridgehead atoms. The Morgan fingerprint density at radius 1 is 1.28 bits per heavy atom. The number of hydrogen-bond donors (Lipinski definition) is 1. The van der Waals surface area contributed by atoms with Gasteiger partial charge in [0.1, 0.15) is 22.8 Å². The zero-order valence-electron chi connectivity index (χ0n) is 17.2. The third kappa shape index (κ3) is 3.11. The van der Waals surface area contributed by atoms with E-state index in [-0.39, 0.29) is 19.5 Å². The van der Waals surface area contributed by atoms with Crippen LogP contribution in [-0.4, -0.2) is 60.4 Å². The molecule has 0 unspecified atom stereocenters. The average Bonchev–Trinajstić information content (AvgIpc) is 3.45. The number of nitrogens with zero attached hydrogens (tertiary/aromatic N) is 7. The van der Waals surface area contributed by atoms with Crippen LogP contribution in [0.5, 0.6) is 5.75 Å². The van der Waals surface area contributed by atoms with Gasteiger partial charge in [-0.1, -0.05) is 0 Å². The van der Waals surface area contributed by atoms with E-state index in [2.05, 4.69) is 16.2 Å². The van der Waals surface area contributed by atoms with Gasteiger partial charge in [0.25, 0.3) is 0 Å². The Morgan fingerprint density at radius 3 is 2.75 bits per heavy atom. The van der Waals surface area contributed by atoms with Crippen LogP contribution in [0.4, 0.5) is 4.79 Å². The van der Waals surface area contributed by atoms with E-state index in [0.717, 1.165) is 28.2 Å². The van der Waals surface area contributed by atoms with Crippen molar-refractivity contribution < 1.29 is 14.6 Å². The monoisotopic (exact) mass is 429 g/mol. The predicted molar refractivity (Wildman–Crippen MR) is 114 cm³/mol. The van der Waals surface area contributed by atoms with E-state index in [4.69, 9.17) is 9.72 Å². The minimum atomic E-state index is -1.00. The number of benzene rings is 1. The molecule has 160 valence electrons. The minimum absolute atomic E-state index is 0.164. The highest BCUT2D eigenvalue weighted by molar-refractivity contribution is 5.69. The van der Waals surface area contributed by atoms with E-state index >= 15 is 0 Å². The van der Waals surface area contributed by atoms with E-state index in [9.17, 15) is 15.2 Å². The maximum Gasteiger partial charge on any atom is 0.407 e. The molecule has 3 aromatic heterocycles. The molecule has 1 saturated heterocycles. The summed E-state index contributed by atoms with van der Waals surface area (Å²) in [6, 6.07) is 11.7. The van der Waals surface area contributed by atoms with Gasteiger partial charge in [0.15, 0.2) is 0 Å². The lowest BCUT2D eigenvalue weighted by Gasteiger charge is -2.47. The molecule has 0 atom stereocenters. The molecule has 1 aromatic carbocycles. The number of methoxy groups -OCH3 is 1. The van der Waals surface area contributed by atoms with E-state index in [1.807, 2.05) is 47.1 Å². The van der Waals surface area contributed by atoms with Crippen molar-refractivity contribution in [2.75, 3.05) is 20.2 Å². The number of likely N-dealkylation sites (tertiary alicyclic amines) is 1. The second-order valence-corrected chi connectivity index (χ2v) is 7.72. The number of imidazole rings is 1. The van der Waals surface area contributed by atoms with Crippen LogP contribution in [-0.2, 0) is 5.54 Å². The number of carboxylic acid groups (broad SMARTS) is 1. The number of carbonyl (C=O) groups is 1. The molecule has 1 aliphatic rings. The van der Waals surface area contributed by atoms with Crippen LogP contribution in [0.15, 0.2) is 55.1 Å². The van der Waals surface area contributed by atoms with Gasteiger partial charge in [-0.05, 0) is 24.3 Å². The zero-order valence-corrected chi connectivity index (χ0v) is 17.2. The fourth-order valence-corrected chi connectivity index (χ4v) is 4.02. The topological polar surface area (TPSA) is 122 Å². The number of rotatable bonds is 5. The molecule has 1 amide bonds. The summed E-state index contributed by atoms with van der Waals surface area (Å²) in [4.78, 5) is 21.8. The number of nitriles is 1. The Kier molecular flexibility index (Phi) is 4.52. The molecule has 32 heavy (non-hydrogen) atoms. The van der Waals surface area contributed by atoms with Gasteiger partial charge in [-0.25, -0.2) is 14.8 Å². The summed E-state index contributed by atoms with van der Waals surface area (Å²) in [5, 5.41) is 23.0. The lowest BCUT2D eigenvalue weighted by atomic mass is 9.87. The molecule has 1 N–H and O–H groups in total. The third-order valence-electron chi connectivity index (χ3n) is 5.75. The van der Waals surface area contributed by atoms with Crippen molar-refractivity contribution in [3.63, 3.8) is 0 Å². The maximum absolute atomic E-state index is 11.2. The molecular weight excluding hydrogens is 410 g/mol. The Balaban J connectivity index is 1.55. The first-order chi connectivity index (χ1) is 15.5. The second-order valence-electron chi connectivity index (χ2n) is 7.72. The van der Waals surface area contributed by atoms with Gasteiger partial charge in [-0.2, -0.15) is 10.4 Å². The molecule has 4 heterocycles. The SMILES string of the molecule is COc1ccc(-c2cc3nccn3c(-c3cnn(C4(CC#N)CN(C(=O)O)C4)c3)n2)cc1. The first-order valence-corrected chi connectivity index (χ1v) is 9.92. The zero-order chi connectivity index (χ0) is 22.3. The smallest absolute Gasteiger partial charge is 0.407 e. The van der Waals surface area contributed by atoms with Crippen molar-refractivity contribution in [2.24, 2.45) is 0 Å². The lowest BCUT2D eigenvalue weighted by molar-refractivity contribution is 0.0139. The van der Waals surface area contributed by atoms with E-state index in [1.54, 1.807) is 24.2 Å². The molecular formula is C22H19N7O3. The van der Waals surface area contributed by atoms with Crippen molar-refractivity contribution in [3.8, 4) is 34.5 Å². The molecule has 1 fully saturated rings. The summed E-state index contributed by atoms with van der Waals surface area (Å²) >= 11 is 0. The summed E-state index contributed by atoms with van der Waals surface area (Å²) in [6.45, 7) is 0.438. The first kappa shape index (κ1) is 19.6. The standard InChI is InChI=1S/C22H19N7O3/c1-32-17-4-2-15(3-5-17)18-10-19-24-8-9-28(19)20(26-18)16-11-25-29(12-16)22(6-7-23)13-27(14-22)21(30)31/h2-5,8-12H,6,13-14H2,1H3,(H,30,31). The normalized spacial score (nSPS) is 14.7. The Hall–Kier alpha value is -4.39. The van der Waals surface area contributed by atoms with Crippen molar-refractivity contribution >= 4 is 11.7 Å². The van der Waals surface area contributed by atoms with Crippen LogP contribution >= 0.6 is 0 Å². The number of aromatic nitrogens is 5. The quantitative estimate of drug-likeness (QED) is 0.518. The molecule has 1 aliphatic heterocycles. The average molecular weight is 429 g/mol. The molecule has 4 aromatic rings. The van der Waals surface area contributed by atoms with Crippen LogP contribution in [0.25, 0.3) is 28.3 Å². The summed E-state index contributed by atoms with van der Waals surface area (Å²) in [5.74, 6) is 1.41. The highest BCUT2D eigenvalue weighted by Gasteiger charge is 2.47. The van der Waals surface area contributed by atoms with Crippen LogP contribution < -0.4 is 4.74 Å². The van der Waals surface area contributed by atoms with Crippen molar-refractivity contribution in [3.05, 3.63) is 55.1 Å². The van der Waals surface area contributed by atoms with Gasteiger partial charge >= 0.3 is 6.09 Å². The Morgan fingerprint density at radius 2 is 2.06 bits per heavy atom. The molecule has 0 radical (unpaired) electrons. The number of ether oxygens (including phenoxy) is 1. The van der Waals surface area contributed by atoms with Crippen molar-refractivity contribution in [2.45, 2.75) is 12.0 Å². The number of hydrogen-bond acceptors (Lipinski definition) is 6. The predicted octanol–water partition coefficient (Wildman–Crippen LogP) is 2.87. The largest absolute Gasteiger partial charge is 0.497 e. The summed E-state index contributed by atoms with van der Waals surface area (Å²) in [6.07, 6.45) is 6.19. The number of fused-ring (bicyclic) bond motifs is 1. The van der Waals surface area contributed by atoms with Gasteiger partial charge in [0.2, 0.25) is 0 Å². The molecule has 0 saturated carbocycles. The Labute approximate surface area is 182 Å². The number of amides is 1. The molecule has 10 nitrogen and oxygen atoms in total. The van der Waals surface area contributed by atoms with Gasteiger partial charge in [-0.15, -0.1) is 0 Å². The van der Waals surface area contributed by atoms with Gasteiger partial charge < -0.3 is 14.7 Å². The van der Waals surface area contributed by atoms with Crippen LogP contribution in [0, 0.1) is 11.3 Å². The van der Waals surface area contributed by atoms with Crippen molar-refractivity contribution in [1.82, 2.24) is 29.0 Å². The third-order valence-corrected chi connectivity index (χ3v) is 5.75. The maximum atomic E-state index is 11.2. The second kappa shape index (κ2) is 7.39. The summed E-state index contributed by atoms with van der Waals surface area (Å²) < 4.78 is 8.80. The first-order valence-electron chi connectivity index (χ1n) is 9.92. The fourth-order valence-electron chi connectivity index (χ4n) is 4.02.